The van der Waals surface area contributed by atoms with Gasteiger partial charge in [0.15, 0.2) is 0 Å². The topological polar surface area (TPSA) is 72.3 Å². The van der Waals surface area contributed by atoms with Crippen LogP contribution in [0.1, 0.15) is 0 Å². The van der Waals surface area contributed by atoms with Crippen LogP contribution in [0.3, 0.4) is 0 Å². The van der Waals surface area contributed by atoms with Crippen LogP contribution in [0.4, 0.5) is 0 Å². The molecule has 0 radical (unpaired) electrons. The van der Waals surface area contributed by atoms with Crippen LogP contribution < -0.4 is 4.74 Å². The molecule has 5 heteroatoms. The lowest BCUT2D eigenvalue weighted by Crippen LogP contribution is -1.91. The molecular weight excluding hydrogens is 232 g/mol. The van der Waals surface area contributed by atoms with Crippen LogP contribution in [-0.4, -0.2) is 21.5 Å². The lowest BCUT2D eigenvalue weighted by atomic mass is 10.2. The first-order valence-electron chi connectivity index (χ1n) is 5.28. The average molecular weight is 240 g/mol. The Hall–Kier alpha value is -2.69. The largest absolute Gasteiger partial charge is 0.506 e. The standard InChI is InChI=1S/C13H8N2O3/c16-7-18-8-4-5-9-11(6-8)15-13-10(14-9)2-1-3-12(13)17/h1-7,17H. The zero-order chi connectivity index (χ0) is 12.5. The fraction of sp³-hybridized carbons (Fsp3) is 0. The number of aromatic hydroxyl groups is 1. The number of para-hydroxylation sites is 1. The zero-order valence-electron chi connectivity index (χ0n) is 9.20. The van der Waals surface area contributed by atoms with Crippen LogP contribution in [0.5, 0.6) is 11.5 Å². The van der Waals surface area contributed by atoms with E-state index in [2.05, 4.69) is 9.97 Å². The number of carbonyl (C=O) groups is 1. The van der Waals surface area contributed by atoms with Gasteiger partial charge in [-0.1, -0.05) is 6.07 Å². The Bertz CT molecular complexity index is 756. The molecule has 0 aliphatic heterocycles. The molecule has 0 bridgehead atoms. The lowest BCUT2D eigenvalue weighted by Gasteiger charge is -2.03. The van der Waals surface area contributed by atoms with Crippen LogP contribution in [-0.2, 0) is 4.79 Å². The Morgan fingerprint density at radius 1 is 1.06 bits per heavy atom. The van der Waals surface area contributed by atoms with Crippen LogP contribution in [0, 0.1) is 0 Å². The molecule has 2 aromatic carbocycles. The SMILES string of the molecule is O=COc1ccc2nc3cccc(O)c3nc2c1. The Labute approximate surface area is 102 Å². The summed E-state index contributed by atoms with van der Waals surface area (Å²) in [5, 5.41) is 9.71. The van der Waals surface area contributed by atoms with Crippen LogP contribution in [0.2, 0.25) is 0 Å². The van der Waals surface area contributed by atoms with Gasteiger partial charge in [0.1, 0.15) is 17.0 Å². The third-order valence-electron chi connectivity index (χ3n) is 2.60. The van der Waals surface area contributed by atoms with Crippen molar-refractivity contribution in [3.8, 4) is 11.5 Å². The number of aromatic nitrogens is 2. The summed E-state index contributed by atoms with van der Waals surface area (Å²) < 4.78 is 4.75. The summed E-state index contributed by atoms with van der Waals surface area (Å²) >= 11 is 0. The molecule has 0 fully saturated rings. The molecule has 5 nitrogen and oxygen atoms in total. The average Bonchev–Trinajstić information content (AvgIpc) is 2.38. The first kappa shape index (κ1) is 10.5. The number of hydrogen-bond donors (Lipinski definition) is 1. The maximum atomic E-state index is 10.3. The highest BCUT2D eigenvalue weighted by atomic mass is 16.5. The van der Waals surface area contributed by atoms with E-state index < -0.39 is 0 Å². The van der Waals surface area contributed by atoms with Crippen molar-refractivity contribution in [2.24, 2.45) is 0 Å². The smallest absolute Gasteiger partial charge is 0.298 e. The molecule has 3 rings (SSSR count). The Morgan fingerprint density at radius 2 is 1.94 bits per heavy atom. The zero-order valence-corrected chi connectivity index (χ0v) is 9.20. The second-order valence-electron chi connectivity index (χ2n) is 3.73. The monoisotopic (exact) mass is 240 g/mol. The number of rotatable bonds is 2. The third kappa shape index (κ3) is 1.62. The summed E-state index contributed by atoms with van der Waals surface area (Å²) in [6, 6.07) is 9.99. The molecule has 0 saturated carbocycles. The third-order valence-corrected chi connectivity index (χ3v) is 2.60. The molecule has 0 aliphatic carbocycles. The van der Waals surface area contributed by atoms with E-state index in [0.29, 0.717) is 34.3 Å². The number of carbonyl (C=O) groups excluding carboxylic acids is 1. The highest BCUT2D eigenvalue weighted by Gasteiger charge is 2.06. The van der Waals surface area contributed by atoms with Crippen molar-refractivity contribution in [1.82, 2.24) is 9.97 Å². The van der Waals surface area contributed by atoms with E-state index in [4.69, 9.17) is 4.74 Å². The predicted octanol–water partition coefficient (Wildman–Crippen LogP) is 2.02. The van der Waals surface area contributed by atoms with Gasteiger partial charge in [-0.2, -0.15) is 0 Å². The second-order valence-corrected chi connectivity index (χ2v) is 3.73. The molecule has 0 atom stereocenters. The highest BCUT2D eigenvalue weighted by Crippen LogP contribution is 2.25. The minimum absolute atomic E-state index is 0.0728. The van der Waals surface area contributed by atoms with Gasteiger partial charge < -0.3 is 9.84 Å². The summed E-state index contributed by atoms with van der Waals surface area (Å²) in [7, 11) is 0. The first-order valence-corrected chi connectivity index (χ1v) is 5.28. The maximum absolute atomic E-state index is 10.3. The minimum Gasteiger partial charge on any atom is -0.506 e. The number of phenolic OH excluding ortho intramolecular Hbond substituents is 1. The second kappa shape index (κ2) is 3.96. The van der Waals surface area contributed by atoms with Crippen molar-refractivity contribution in [2.75, 3.05) is 0 Å². The van der Waals surface area contributed by atoms with Gasteiger partial charge in [0.25, 0.3) is 6.47 Å². The van der Waals surface area contributed by atoms with Gasteiger partial charge in [-0.25, -0.2) is 9.97 Å². The Morgan fingerprint density at radius 3 is 2.78 bits per heavy atom. The van der Waals surface area contributed by atoms with Gasteiger partial charge in [-0.05, 0) is 24.3 Å². The number of phenols is 1. The van der Waals surface area contributed by atoms with E-state index >= 15 is 0 Å². The molecule has 0 spiro atoms. The van der Waals surface area contributed by atoms with E-state index in [-0.39, 0.29) is 5.75 Å². The van der Waals surface area contributed by atoms with Gasteiger partial charge >= 0.3 is 0 Å². The van der Waals surface area contributed by atoms with E-state index in [1.54, 1.807) is 36.4 Å². The summed E-state index contributed by atoms with van der Waals surface area (Å²) in [4.78, 5) is 19.0. The molecule has 0 amide bonds. The van der Waals surface area contributed by atoms with Gasteiger partial charge in [0, 0.05) is 6.07 Å². The van der Waals surface area contributed by atoms with Gasteiger partial charge in [0.2, 0.25) is 0 Å². The molecule has 1 aromatic heterocycles. The van der Waals surface area contributed by atoms with E-state index in [1.807, 2.05) is 0 Å². The summed E-state index contributed by atoms with van der Waals surface area (Å²) in [5.74, 6) is 0.463. The summed E-state index contributed by atoms with van der Waals surface area (Å²) in [5.41, 5.74) is 2.27. The van der Waals surface area contributed by atoms with Crippen molar-refractivity contribution in [1.29, 1.82) is 0 Å². The Balaban J connectivity index is 2.32. The molecule has 18 heavy (non-hydrogen) atoms. The van der Waals surface area contributed by atoms with Gasteiger partial charge in [0.05, 0.1) is 16.6 Å². The number of nitrogens with zero attached hydrogens (tertiary/aromatic N) is 2. The number of hydrogen-bond acceptors (Lipinski definition) is 5. The lowest BCUT2D eigenvalue weighted by molar-refractivity contribution is -0.120. The molecule has 3 aromatic rings. The van der Waals surface area contributed by atoms with Gasteiger partial charge in [-0.15, -0.1) is 0 Å². The molecule has 1 N–H and O–H groups in total. The van der Waals surface area contributed by atoms with Crippen molar-refractivity contribution in [3.63, 3.8) is 0 Å². The van der Waals surface area contributed by atoms with Crippen molar-refractivity contribution >= 4 is 28.5 Å². The van der Waals surface area contributed by atoms with Crippen molar-refractivity contribution in [3.05, 3.63) is 36.4 Å². The molecular formula is C13H8N2O3. The fourth-order valence-electron chi connectivity index (χ4n) is 1.79. The fourth-order valence-corrected chi connectivity index (χ4v) is 1.79. The number of ether oxygens (including phenoxy) is 1. The Kier molecular flexibility index (Phi) is 2.30. The molecule has 1 heterocycles. The van der Waals surface area contributed by atoms with Crippen LogP contribution >= 0.6 is 0 Å². The van der Waals surface area contributed by atoms with Crippen LogP contribution in [0.25, 0.3) is 22.1 Å². The normalized spacial score (nSPS) is 10.7. The van der Waals surface area contributed by atoms with Crippen molar-refractivity contribution < 1.29 is 14.6 Å². The molecule has 0 saturated heterocycles. The van der Waals surface area contributed by atoms with E-state index in [1.165, 1.54) is 0 Å². The van der Waals surface area contributed by atoms with Gasteiger partial charge in [-0.3, -0.25) is 4.79 Å². The first-order chi connectivity index (χ1) is 8.78. The number of benzene rings is 2. The van der Waals surface area contributed by atoms with E-state index in [9.17, 15) is 9.90 Å². The molecule has 88 valence electrons. The summed E-state index contributed by atoms with van der Waals surface area (Å²) in [6.45, 7) is 0.354. The maximum Gasteiger partial charge on any atom is 0.298 e. The number of fused-ring (bicyclic) bond motifs is 2. The molecule has 0 unspecified atom stereocenters. The van der Waals surface area contributed by atoms with Crippen LogP contribution in [0.15, 0.2) is 36.4 Å². The minimum atomic E-state index is 0.0728. The summed E-state index contributed by atoms with van der Waals surface area (Å²) in [6.07, 6.45) is 0. The van der Waals surface area contributed by atoms with Crippen molar-refractivity contribution in [2.45, 2.75) is 0 Å². The quantitative estimate of drug-likeness (QED) is 0.548. The predicted molar refractivity (Wildman–Crippen MR) is 65.4 cm³/mol. The van der Waals surface area contributed by atoms with E-state index in [0.717, 1.165) is 0 Å². The molecule has 0 aliphatic rings. The highest BCUT2D eigenvalue weighted by molar-refractivity contribution is 5.89.